The molecule has 1 aromatic carbocycles. The molecular formula is C16H23NO3S. The molecule has 0 amide bonds. The smallest absolute Gasteiger partial charge is 0.231 e. The zero-order valence-electron chi connectivity index (χ0n) is 12.5. The monoisotopic (exact) mass is 309 g/mol. The first-order chi connectivity index (χ1) is 10.2. The highest BCUT2D eigenvalue weighted by Crippen LogP contribution is 2.39. The van der Waals surface area contributed by atoms with Gasteiger partial charge in [0.1, 0.15) is 5.75 Å². The molecule has 0 saturated heterocycles. The fourth-order valence-corrected chi connectivity index (χ4v) is 4.13. The normalized spacial score (nSPS) is 19.7. The van der Waals surface area contributed by atoms with Crippen molar-refractivity contribution in [1.82, 2.24) is 5.32 Å². The van der Waals surface area contributed by atoms with E-state index in [4.69, 9.17) is 9.47 Å². The molecular weight excluding hydrogens is 286 g/mol. The summed E-state index contributed by atoms with van der Waals surface area (Å²) in [5.41, 5.74) is 0.867. The summed E-state index contributed by atoms with van der Waals surface area (Å²) in [7, 11) is 0. The van der Waals surface area contributed by atoms with Crippen LogP contribution in [-0.4, -0.2) is 29.4 Å². The van der Waals surface area contributed by atoms with E-state index in [9.17, 15) is 5.11 Å². The first-order valence-electron chi connectivity index (χ1n) is 7.60. The van der Waals surface area contributed by atoms with Crippen LogP contribution in [0.15, 0.2) is 12.1 Å². The van der Waals surface area contributed by atoms with Crippen LogP contribution in [0.25, 0.3) is 0 Å². The van der Waals surface area contributed by atoms with Crippen LogP contribution in [0, 0.1) is 0 Å². The second-order valence-electron chi connectivity index (χ2n) is 5.89. The van der Waals surface area contributed by atoms with E-state index in [1.54, 1.807) is 6.07 Å². The van der Waals surface area contributed by atoms with Crippen molar-refractivity contribution >= 4 is 11.8 Å². The van der Waals surface area contributed by atoms with Crippen molar-refractivity contribution in [1.29, 1.82) is 0 Å². The molecule has 116 valence electrons. The van der Waals surface area contributed by atoms with Gasteiger partial charge in [0.05, 0.1) is 0 Å². The molecule has 1 saturated carbocycles. The number of fused-ring (bicyclic) bond motifs is 1. The fraction of sp³-hybridized carbons (Fsp3) is 0.625. The molecule has 0 aromatic heterocycles. The molecule has 0 spiro atoms. The molecule has 1 aliphatic heterocycles. The molecule has 21 heavy (non-hydrogen) atoms. The van der Waals surface area contributed by atoms with Crippen LogP contribution in [0.1, 0.15) is 37.7 Å². The van der Waals surface area contributed by atoms with Gasteiger partial charge in [-0.2, -0.15) is 11.8 Å². The van der Waals surface area contributed by atoms with E-state index in [2.05, 4.69) is 11.6 Å². The van der Waals surface area contributed by atoms with Gasteiger partial charge in [-0.15, -0.1) is 0 Å². The van der Waals surface area contributed by atoms with Gasteiger partial charge < -0.3 is 19.9 Å². The Bertz CT molecular complexity index is 501. The molecule has 5 heteroatoms. The maximum absolute atomic E-state index is 10.1. The summed E-state index contributed by atoms with van der Waals surface area (Å²) >= 11 is 1.98. The molecule has 2 N–H and O–H groups in total. The summed E-state index contributed by atoms with van der Waals surface area (Å²) < 4.78 is 11.0. The van der Waals surface area contributed by atoms with Crippen LogP contribution in [0.3, 0.4) is 0 Å². The molecule has 1 fully saturated rings. The Hall–Kier alpha value is -1.07. The Labute approximate surface area is 130 Å². The topological polar surface area (TPSA) is 50.7 Å². The van der Waals surface area contributed by atoms with E-state index in [0.717, 1.165) is 17.9 Å². The number of benzene rings is 1. The zero-order valence-corrected chi connectivity index (χ0v) is 13.3. The Balaban J connectivity index is 1.60. The fourth-order valence-electron chi connectivity index (χ4n) is 3.19. The third kappa shape index (κ3) is 3.24. The van der Waals surface area contributed by atoms with Crippen molar-refractivity contribution in [3.8, 4) is 17.2 Å². The number of aromatic hydroxyl groups is 1. The molecule has 0 unspecified atom stereocenters. The van der Waals surface area contributed by atoms with Crippen molar-refractivity contribution in [2.24, 2.45) is 0 Å². The molecule has 0 atom stereocenters. The second kappa shape index (κ2) is 6.36. The van der Waals surface area contributed by atoms with Crippen molar-refractivity contribution in [3.05, 3.63) is 17.7 Å². The Morgan fingerprint density at radius 3 is 2.62 bits per heavy atom. The number of phenols is 1. The molecule has 2 aliphatic rings. The average molecular weight is 309 g/mol. The van der Waals surface area contributed by atoms with Gasteiger partial charge in [0, 0.05) is 29.5 Å². The summed E-state index contributed by atoms with van der Waals surface area (Å²) in [6.07, 6.45) is 8.81. The first-order valence-corrected chi connectivity index (χ1v) is 8.82. The van der Waals surface area contributed by atoms with E-state index in [-0.39, 0.29) is 12.5 Å². The molecule has 1 aromatic rings. The van der Waals surface area contributed by atoms with Crippen LogP contribution in [0.5, 0.6) is 17.2 Å². The number of hydrogen-bond acceptors (Lipinski definition) is 5. The number of nitrogens with one attached hydrogen (secondary N) is 1. The quantitative estimate of drug-likeness (QED) is 0.874. The molecule has 0 radical (unpaired) electrons. The van der Waals surface area contributed by atoms with Crippen molar-refractivity contribution in [2.45, 2.75) is 43.4 Å². The number of phenolic OH excluding ortho intramolecular Hbond substituents is 1. The largest absolute Gasteiger partial charge is 0.507 e. The minimum atomic E-state index is 0.237. The van der Waals surface area contributed by atoms with Gasteiger partial charge in [0.15, 0.2) is 11.5 Å². The molecule has 1 aliphatic carbocycles. The molecule has 3 rings (SSSR count). The van der Waals surface area contributed by atoms with Gasteiger partial charge in [-0.3, -0.25) is 0 Å². The lowest BCUT2D eigenvalue weighted by molar-refractivity contribution is 0.174. The SMILES string of the molecule is CSC1(CNCc2cc3c(cc2O)OCO3)CCCCC1. The highest BCUT2D eigenvalue weighted by atomic mass is 32.2. The van der Waals surface area contributed by atoms with E-state index >= 15 is 0 Å². The van der Waals surface area contributed by atoms with Gasteiger partial charge in [-0.05, 0) is 25.2 Å². The summed E-state index contributed by atoms with van der Waals surface area (Å²) in [6, 6.07) is 3.52. The highest BCUT2D eigenvalue weighted by molar-refractivity contribution is 8.00. The standard InChI is InChI=1S/C16H23NO3S/c1-21-16(5-3-2-4-6-16)10-17-9-12-7-14-15(8-13(12)18)20-11-19-14/h7-8,17-18H,2-6,9-11H2,1H3. The van der Waals surface area contributed by atoms with Gasteiger partial charge >= 0.3 is 0 Å². The first kappa shape index (κ1) is 14.9. The van der Waals surface area contributed by atoms with Crippen LogP contribution in [0.4, 0.5) is 0 Å². The van der Waals surface area contributed by atoms with E-state index in [1.165, 1.54) is 32.1 Å². The summed E-state index contributed by atoms with van der Waals surface area (Å²) in [5, 5.41) is 13.6. The predicted octanol–water partition coefficient (Wildman–Crippen LogP) is 3.28. The van der Waals surface area contributed by atoms with Gasteiger partial charge in [0.25, 0.3) is 0 Å². The van der Waals surface area contributed by atoms with Crippen molar-refractivity contribution in [3.63, 3.8) is 0 Å². The Kier molecular flexibility index (Phi) is 4.50. The maximum Gasteiger partial charge on any atom is 0.231 e. The van der Waals surface area contributed by atoms with Crippen molar-refractivity contribution < 1.29 is 14.6 Å². The van der Waals surface area contributed by atoms with Crippen LogP contribution in [0.2, 0.25) is 0 Å². The third-order valence-electron chi connectivity index (χ3n) is 4.53. The average Bonchev–Trinajstić information content (AvgIpc) is 2.95. The Morgan fingerprint density at radius 2 is 1.90 bits per heavy atom. The van der Waals surface area contributed by atoms with Gasteiger partial charge in [-0.25, -0.2) is 0 Å². The summed E-state index contributed by atoms with van der Waals surface area (Å²) in [6.45, 7) is 1.88. The number of thioether (sulfide) groups is 1. The highest BCUT2D eigenvalue weighted by Gasteiger charge is 2.30. The number of hydrogen-bond donors (Lipinski definition) is 2. The molecule has 4 nitrogen and oxygen atoms in total. The predicted molar refractivity (Wildman–Crippen MR) is 85.3 cm³/mol. The van der Waals surface area contributed by atoms with Crippen LogP contribution in [-0.2, 0) is 6.54 Å². The Morgan fingerprint density at radius 1 is 1.19 bits per heavy atom. The summed E-state index contributed by atoms with van der Waals surface area (Å²) in [5.74, 6) is 1.62. The molecule has 0 bridgehead atoms. The van der Waals surface area contributed by atoms with Gasteiger partial charge in [0.2, 0.25) is 6.79 Å². The minimum Gasteiger partial charge on any atom is -0.507 e. The van der Waals surface area contributed by atoms with Crippen LogP contribution < -0.4 is 14.8 Å². The zero-order chi connectivity index (χ0) is 14.7. The minimum absolute atomic E-state index is 0.237. The number of ether oxygens (including phenoxy) is 2. The maximum atomic E-state index is 10.1. The lowest BCUT2D eigenvalue weighted by Crippen LogP contribution is -2.39. The van der Waals surface area contributed by atoms with Crippen LogP contribution >= 0.6 is 11.8 Å². The van der Waals surface area contributed by atoms with E-state index in [1.807, 2.05) is 17.8 Å². The summed E-state index contributed by atoms with van der Waals surface area (Å²) in [4.78, 5) is 0. The van der Waals surface area contributed by atoms with Gasteiger partial charge in [-0.1, -0.05) is 19.3 Å². The van der Waals surface area contributed by atoms with Crippen molar-refractivity contribution in [2.75, 3.05) is 19.6 Å². The lowest BCUT2D eigenvalue weighted by atomic mass is 9.88. The van der Waals surface area contributed by atoms with E-state index in [0.29, 0.717) is 17.0 Å². The number of rotatable bonds is 5. The molecule has 1 heterocycles. The lowest BCUT2D eigenvalue weighted by Gasteiger charge is -2.36. The third-order valence-corrected chi connectivity index (χ3v) is 5.95. The van der Waals surface area contributed by atoms with E-state index < -0.39 is 0 Å². The second-order valence-corrected chi connectivity index (χ2v) is 7.16.